The molecule has 0 aromatic carbocycles. The fourth-order valence-electron chi connectivity index (χ4n) is 1.29. The third kappa shape index (κ3) is 1.35. The number of aryl methyl sites for hydroxylation is 3. The van der Waals surface area contributed by atoms with Crippen LogP contribution in [-0.2, 0) is 7.05 Å². The zero-order valence-electron chi connectivity index (χ0n) is 7.90. The van der Waals surface area contributed by atoms with Crippen LogP contribution >= 0.6 is 0 Å². The first-order chi connectivity index (χ1) is 6.16. The van der Waals surface area contributed by atoms with Gasteiger partial charge in [-0.25, -0.2) is 4.98 Å². The largest absolute Gasteiger partial charge is 0.441 e. The lowest BCUT2D eigenvalue weighted by Crippen LogP contribution is -1.86. The van der Waals surface area contributed by atoms with E-state index in [-0.39, 0.29) is 0 Å². The number of rotatable bonds is 1. The third-order valence-corrected chi connectivity index (χ3v) is 1.87. The van der Waals surface area contributed by atoms with E-state index < -0.39 is 0 Å². The summed E-state index contributed by atoms with van der Waals surface area (Å²) < 4.78 is 7.15. The highest BCUT2D eigenvalue weighted by molar-refractivity contribution is 5.54. The minimum atomic E-state index is 0.642. The quantitative estimate of drug-likeness (QED) is 0.665. The van der Waals surface area contributed by atoms with Gasteiger partial charge in [-0.3, -0.25) is 4.68 Å². The molecule has 4 heteroatoms. The highest BCUT2D eigenvalue weighted by atomic mass is 16.4. The van der Waals surface area contributed by atoms with E-state index in [1.165, 1.54) is 0 Å². The molecule has 68 valence electrons. The predicted octanol–water partition coefficient (Wildman–Crippen LogP) is 1.69. The van der Waals surface area contributed by atoms with Gasteiger partial charge in [-0.1, -0.05) is 0 Å². The van der Waals surface area contributed by atoms with E-state index in [1.807, 2.05) is 27.1 Å². The molecule has 13 heavy (non-hydrogen) atoms. The normalized spacial score (nSPS) is 10.7. The molecule has 0 amide bonds. The molecule has 0 radical (unpaired) electrons. The Kier molecular flexibility index (Phi) is 1.69. The molecular formula is C9H11N3O. The van der Waals surface area contributed by atoms with Gasteiger partial charge in [0, 0.05) is 13.2 Å². The fraction of sp³-hybridized carbons (Fsp3) is 0.333. The van der Waals surface area contributed by atoms with E-state index >= 15 is 0 Å². The van der Waals surface area contributed by atoms with Gasteiger partial charge in [0.05, 0.1) is 17.5 Å². The van der Waals surface area contributed by atoms with E-state index in [0.717, 1.165) is 17.0 Å². The summed E-state index contributed by atoms with van der Waals surface area (Å²) in [6, 6.07) is 0. The first-order valence-corrected chi connectivity index (χ1v) is 4.10. The highest BCUT2D eigenvalue weighted by Crippen LogP contribution is 2.21. The Morgan fingerprint density at radius 1 is 1.38 bits per heavy atom. The van der Waals surface area contributed by atoms with Crippen molar-refractivity contribution in [3.05, 3.63) is 23.8 Å². The first-order valence-electron chi connectivity index (χ1n) is 4.10. The lowest BCUT2D eigenvalue weighted by atomic mass is 10.3. The molecule has 0 aliphatic heterocycles. The van der Waals surface area contributed by atoms with E-state index in [2.05, 4.69) is 10.1 Å². The number of aromatic nitrogens is 3. The van der Waals surface area contributed by atoms with Crippen molar-refractivity contribution in [1.82, 2.24) is 14.8 Å². The Balaban J connectivity index is 2.51. The van der Waals surface area contributed by atoms with Crippen LogP contribution in [0.15, 0.2) is 16.8 Å². The molecule has 0 unspecified atom stereocenters. The molecule has 0 spiro atoms. The van der Waals surface area contributed by atoms with Crippen molar-refractivity contribution >= 4 is 0 Å². The Hall–Kier alpha value is -1.58. The smallest absolute Gasteiger partial charge is 0.229 e. The zero-order chi connectivity index (χ0) is 9.42. The van der Waals surface area contributed by atoms with Gasteiger partial charge in [0.15, 0.2) is 0 Å². The van der Waals surface area contributed by atoms with Gasteiger partial charge in [-0.15, -0.1) is 0 Å². The molecule has 2 aromatic rings. The second-order valence-corrected chi connectivity index (χ2v) is 3.08. The SMILES string of the molecule is Cc1cnc(-c2cn(C)nc2C)o1. The van der Waals surface area contributed by atoms with Gasteiger partial charge in [0.2, 0.25) is 5.89 Å². The van der Waals surface area contributed by atoms with Gasteiger partial charge in [-0.2, -0.15) is 5.10 Å². The second kappa shape index (κ2) is 2.73. The van der Waals surface area contributed by atoms with Crippen LogP contribution in [0.25, 0.3) is 11.5 Å². The Morgan fingerprint density at radius 2 is 2.15 bits per heavy atom. The van der Waals surface area contributed by atoms with Crippen LogP contribution in [0.5, 0.6) is 0 Å². The van der Waals surface area contributed by atoms with Crippen molar-refractivity contribution in [2.75, 3.05) is 0 Å². The lowest BCUT2D eigenvalue weighted by Gasteiger charge is -1.88. The molecule has 0 atom stereocenters. The van der Waals surface area contributed by atoms with Crippen LogP contribution in [-0.4, -0.2) is 14.8 Å². The molecule has 0 aliphatic carbocycles. The molecule has 2 heterocycles. The Morgan fingerprint density at radius 3 is 2.62 bits per heavy atom. The Bertz CT molecular complexity index is 428. The van der Waals surface area contributed by atoms with Gasteiger partial charge >= 0.3 is 0 Å². The summed E-state index contributed by atoms with van der Waals surface area (Å²) in [5, 5.41) is 4.21. The van der Waals surface area contributed by atoms with Crippen molar-refractivity contribution in [3.63, 3.8) is 0 Å². The summed E-state index contributed by atoms with van der Waals surface area (Å²) in [7, 11) is 1.88. The van der Waals surface area contributed by atoms with Crippen LogP contribution in [0.2, 0.25) is 0 Å². The van der Waals surface area contributed by atoms with Gasteiger partial charge < -0.3 is 4.42 Å². The molecule has 2 aromatic heterocycles. The molecule has 0 bridgehead atoms. The average molecular weight is 177 g/mol. The number of hydrogen-bond acceptors (Lipinski definition) is 3. The first kappa shape index (κ1) is 8.04. The molecule has 0 saturated carbocycles. The van der Waals surface area contributed by atoms with Crippen molar-refractivity contribution < 1.29 is 4.42 Å². The molecular weight excluding hydrogens is 166 g/mol. The summed E-state index contributed by atoms with van der Waals surface area (Å²) in [4.78, 5) is 4.14. The number of nitrogens with zero attached hydrogens (tertiary/aromatic N) is 3. The second-order valence-electron chi connectivity index (χ2n) is 3.08. The summed E-state index contributed by atoms with van der Waals surface area (Å²) in [5.74, 6) is 1.46. The summed E-state index contributed by atoms with van der Waals surface area (Å²) in [6.07, 6.45) is 3.61. The zero-order valence-corrected chi connectivity index (χ0v) is 7.90. The molecule has 2 rings (SSSR count). The van der Waals surface area contributed by atoms with E-state index in [0.29, 0.717) is 5.89 Å². The average Bonchev–Trinajstić information content (AvgIpc) is 2.58. The molecule has 0 saturated heterocycles. The predicted molar refractivity (Wildman–Crippen MR) is 48.2 cm³/mol. The summed E-state index contributed by atoms with van der Waals surface area (Å²) >= 11 is 0. The van der Waals surface area contributed by atoms with Crippen LogP contribution in [0, 0.1) is 13.8 Å². The van der Waals surface area contributed by atoms with Gasteiger partial charge in [0.1, 0.15) is 5.76 Å². The standard InChI is InChI=1S/C9H11N3O/c1-6-4-10-9(13-6)8-5-12(3)11-7(8)2/h4-5H,1-3H3. The minimum absolute atomic E-state index is 0.642. The third-order valence-electron chi connectivity index (χ3n) is 1.87. The van der Waals surface area contributed by atoms with Crippen molar-refractivity contribution in [2.24, 2.45) is 7.05 Å². The maximum atomic E-state index is 5.40. The maximum Gasteiger partial charge on any atom is 0.229 e. The number of oxazole rings is 1. The van der Waals surface area contributed by atoms with E-state index in [1.54, 1.807) is 10.9 Å². The van der Waals surface area contributed by atoms with Crippen LogP contribution in [0.1, 0.15) is 11.5 Å². The lowest BCUT2D eigenvalue weighted by molar-refractivity contribution is 0.542. The van der Waals surface area contributed by atoms with Crippen LogP contribution in [0.3, 0.4) is 0 Å². The van der Waals surface area contributed by atoms with Crippen LogP contribution in [0.4, 0.5) is 0 Å². The maximum absolute atomic E-state index is 5.40. The molecule has 0 fully saturated rings. The van der Waals surface area contributed by atoms with Crippen molar-refractivity contribution in [1.29, 1.82) is 0 Å². The highest BCUT2D eigenvalue weighted by Gasteiger charge is 2.10. The topological polar surface area (TPSA) is 43.9 Å². The monoisotopic (exact) mass is 177 g/mol. The summed E-state index contributed by atoms with van der Waals surface area (Å²) in [6.45, 7) is 3.82. The molecule has 0 N–H and O–H groups in total. The van der Waals surface area contributed by atoms with E-state index in [9.17, 15) is 0 Å². The van der Waals surface area contributed by atoms with Gasteiger partial charge in [0.25, 0.3) is 0 Å². The molecule has 4 nitrogen and oxygen atoms in total. The Labute approximate surface area is 76.2 Å². The van der Waals surface area contributed by atoms with Gasteiger partial charge in [-0.05, 0) is 13.8 Å². The van der Waals surface area contributed by atoms with Crippen LogP contribution < -0.4 is 0 Å². The van der Waals surface area contributed by atoms with Crippen molar-refractivity contribution in [2.45, 2.75) is 13.8 Å². The van der Waals surface area contributed by atoms with E-state index in [4.69, 9.17) is 4.42 Å². The minimum Gasteiger partial charge on any atom is -0.441 e. The van der Waals surface area contributed by atoms with Crippen molar-refractivity contribution in [3.8, 4) is 11.5 Å². The molecule has 0 aliphatic rings. The summed E-state index contributed by atoms with van der Waals surface area (Å²) in [5.41, 5.74) is 1.89. The number of hydrogen-bond donors (Lipinski definition) is 0. The fourth-order valence-corrected chi connectivity index (χ4v) is 1.29.